The number of alkyl halides is 2. The minimum atomic E-state index is -3.06. The topological polar surface area (TPSA) is 46.5 Å². The normalized spacial score (nSPS) is 18.2. The number of carboxylic acids is 1. The largest absolute Gasteiger partial charge is 0.490 e. The highest BCUT2D eigenvalue weighted by atomic mass is 19.3. The molecule has 0 spiro atoms. The Bertz CT molecular complexity index is 552. The van der Waals surface area contributed by atoms with Gasteiger partial charge in [-0.15, -0.1) is 0 Å². The molecule has 0 aromatic heterocycles. The van der Waals surface area contributed by atoms with Crippen molar-refractivity contribution in [2.24, 2.45) is 5.41 Å². The summed E-state index contributed by atoms with van der Waals surface area (Å²) in [6, 6.07) is 4.43. The van der Waals surface area contributed by atoms with Gasteiger partial charge < -0.3 is 9.84 Å². The molecular formula is C16H20F2O3. The Kier molecular flexibility index (Phi) is 3.95. The molecule has 1 N–H and O–H groups in total. The first-order valence-corrected chi connectivity index (χ1v) is 6.99. The predicted octanol–water partition coefficient (Wildman–Crippen LogP) is 3.99. The van der Waals surface area contributed by atoms with E-state index >= 15 is 0 Å². The Morgan fingerprint density at radius 3 is 2.71 bits per heavy atom. The van der Waals surface area contributed by atoms with Gasteiger partial charge in [-0.3, -0.25) is 4.79 Å². The summed E-state index contributed by atoms with van der Waals surface area (Å²) in [5.41, 5.74) is -0.258. The summed E-state index contributed by atoms with van der Waals surface area (Å²) in [6.07, 6.45) is -0.153. The molecule has 0 aliphatic carbocycles. The number of hydrogen-bond acceptors (Lipinski definition) is 2. The monoisotopic (exact) mass is 298 g/mol. The molecule has 0 amide bonds. The second-order valence-electron chi connectivity index (χ2n) is 6.57. The zero-order valence-electron chi connectivity index (χ0n) is 12.5. The SMILES string of the molecule is CC1Cc2cc(C(F)(F)CC(C)(C)CC(=O)O)ccc2O1. The van der Waals surface area contributed by atoms with Crippen molar-refractivity contribution in [2.45, 2.75) is 52.1 Å². The van der Waals surface area contributed by atoms with Crippen molar-refractivity contribution in [3.63, 3.8) is 0 Å². The van der Waals surface area contributed by atoms with Gasteiger partial charge in [0.2, 0.25) is 0 Å². The van der Waals surface area contributed by atoms with Crippen LogP contribution in [0.3, 0.4) is 0 Å². The van der Waals surface area contributed by atoms with Gasteiger partial charge in [-0.2, -0.15) is 0 Å². The van der Waals surface area contributed by atoms with Crippen molar-refractivity contribution in [3.05, 3.63) is 29.3 Å². The summed E-state index contributed by atoms with van der Waals surface area (Å²) >= 11 is 0. The number of rotatable bonds is 5. The molecule has 1 unspecified atom stereocenters. The van der Waals surface area contributed by atoms with Crippen molar-refractivity contribution >= 4 is 5.97 Å². The summed E-state index contributed by atoms with van der Waals surface area (Å²) in [4.78, 5) is 10.8. The standard InChI is InChI=1S/C16H20F2O3/c1-10-6-11-7-12(4-5-13(11)21-10)16(17,18)9-15(2,3)8-14(19)20/h4-5,7,10H,6,8-9H2,1-3H3,(H,19,20). The van der Waals surface area contributed by atoms with E-state index in [-0.39, 0.29) is 18.1 Å². The second kappa shape index (κ2) is 5.28. The van der Waals surface area contributed by atoms with Gasteiger partial charge in [0.15, 0.2) is 0 Å². The van der Waals surface area contributed by atoms with Crippen molar-refractivity contribution in [1.29, 1.82) is 0 Å². The highest BCUT2D eigenvalue weighted by molar-refractivity contribution is 5.67. The van der Waals surface area contributed by atoms with Crippen LogP contribution < -0.4 is 4.74 Å². The molecule has 1 aromatic rings. The van der Waals surface area contributed by atoms with E-state index in [9.17, 15) is 13.6 Å². The van der Waals surface area contributed by atoms with Gasteiger partial charge in [0.1, 0.15) is 11.9 Å². The minimum absolute atomic E-state index is 0.00678. The zero-order chi connectivity index (χ0) is 15.8. The number of carboxylic acid groups (broad SMARTS) is 1. The highest BCUT2D eigenvalue weighted by Gasteiger charge is 2.40. The van der Waals surface area contributed by atoms with E-state index in [1.54, 1.807) is 19.9 Å². The summed E-state index contributed by atoms with van der Waals surface area (Å²) in [6.45, 7) is 4.99. The lowest BCUT2D eigenvalue weighted by Gasteiger charge is -2.28. The number of benzene rings is 1. The second-order valence-corrected chi connectivity index (χ2v) is 6.57. The summed E-state index contributed by atoms with van der Waals surface area (Å²) in [5.74, 6) is -3.46. The number of carbonyl (C=O) groups is 1. The smallest absolute Gasteiger partial charge is 0.303 e. The Morgan fingerprint density at radius 2 is 2.10 bits per heavy atom. The quantitative estimate of drug-likeness (QED) is 0.894. The highest BCUT2D eigenvalue weighted by Crippen LogP contribution is 2.43. The molecule has 2 rings (SSSR count). The van der Waals surface area contributed by atoms with Crippen LogP contribution in [-0.4, -0.2) is 17.2 Å². The van der Waals surface area contributed by atoms with Crippen LogP contribution in [0.2, 0.25) is 0 Å². The first kappa shape index (κ1) is 15.7. The van der Waals surface area contributed by atoms with Gasteiger partial charge in [0.05, 0.1) is 6.42 Å². The molecule has 1 aliphatic heterocycles. The van der Waals surface area contributed by atoms with Crippen molar-refractivity contribution in [1.82, 2.24) is 0 Å². The molecule has 1 aliphatic rings. The maximum Gasteiger partial charge on any atom is 0.303 e. The number of ether oxygens (including phenoxy) is 1. The molecule has 3 nitrogen and oxygen atoms in total. The lowest BCUT2D eigenvalue weighted by molar-refractivity contribution is -0.140. The Morgan fingerprint density at radius 1 is 1.43 bits per heavy atom. The van der Waals surface area contributed by atoms with Gasteiger partial charge in [0.25, 0.3) is 5.92 Å². The Balaban J connectivity index is 2.20. The van der Waals surface area contributed by atoms with E-state index in [1.807, 2.05) is 6.92 Å². The number of aliphatic carboxylic acids is 1. The van der Waals surface area contributed by atoms with E-state index in [0.717, 1.165) is 5.56 Å². The summed E-state index contributed by atoms with van der Waals surface area (Å²) in [5, 5.41) is 8.81. The molecule has 21 heavy (non-hydrogen) atoms. The first-order valence-electron chi connectivity index (χ1n) is 6.99. The van der Waals surface area contributed by atoms with E-state index in [2.05, 4.69) is 0 Å². The lowest BCUT2D eigenvalue weighted by Crippen LogP contribution is -2.26. The summed E-state index contributed by atoms with van der Waals surface area (Å²) < 4.78 is 34.4. The maximum absolute atomic E-state index is 14.4. The molecule has 1 atom stereocenters. The van der Waals surface area contributed by atoms with Crippen LogP contribution in [0.15, 0.2) is 18.2 Å². The van der Waals surface area contributed by atoms with Crippen LogP contribution in [0, 0.1) is 5.41 Å². The molecule has 0 saturated carbocycles. The van der Waals surface area contributed by atoms with Crippen LogP contribution in [-0.2, 0) is 17.1 Å². The third-order valence-corrected chi connectivity index (χ3v) is 3.65. The van der Waals surface area contributed by atoms with Crippen molar-refractivity contribution < 1.29 is 23.4 Å². The van der Waals surface area contributed by atoms with Crippen LogP contribution in [0.25, 0.3) is 0 Å². The van der Waals surface area contributed by atoms with Gasteiger partial charge in [0, 0.05) is 18.4 Å². The fraction of sp³-hybridized carbons (Fsp3) is 0.562. The van der Waals surface area contributed by atoms with Crippen molar-refractivity contribution in [2.75, 3.05) is 0 Å². The molecule has 1 aromatic carbocycles. The molecule has 0 fully saturated rings. The van der Waals surface area contributed by atoms with Crippen LogP contribution in [0.5, 0.6) is 5.75 Å². The number of halogens is 2. The fourth-order valence-corrected chi connectivity index (χ4v) is 2.82. The van der Waals surface area contributed by atoms with E-state index < -0.39 is 23.7 Å². The summed E-state index contributed by atoms with van der Waals surface area (Å²) in [7, 11) is 0. The van der Waals surface area contributed by atoms with Crippen LogP contribution in [0.1, 0.15) is 44.7 Å². The molecular weight excluding hydrogens is 278 g/mol. The molecule has 0 bridgehead atoms. The van der Waals surface area contributed by atoms with Gasteiger partial charge in [-0.05, 0) is 36.1 Å². The maximum atomic E-state index is 14.4. The zero-order valence-corrected chi connectivity index (χ0v) is 12.5. The van der Waals surface area contributed by atoms with E-state index in [4.69, 9.17) is 9.84 Å². The minimum Gasteiger partial charge on any atom is -0.490 e. The molecule has 5 heteroatoms. The fourth-order valence-electron chi connectivity index (χ4n) is 2.82. The van der Waals surface area contributed by atoms with Crippen LogP contribution in [0.4, 0.5) is 8.78 Å². The number of hydrogen-bond donors (Lipinski definition) is 1. The predicted molar refractivity (Wildman–Crippen MR) is 74.8 cm³/mol. The van der Waals surface area contributed by atoms with Gasteiger partial charge in [-0.25, -0.2) is 8.78 Å². The average molecular weight is 298 g/mol. The Hall–Kier alpha value is -1.65. The Labute approximate surface area is 122 Å². The molecule has 1 heterocycles. The van der Waals surface area contributed by atoms with Gasteiger partial charge >= 0.3 is 5.97 Å². The third-order valence-electron chi connectivity index (χ3n) is 3.65. The molecule has 0 radical (unpaired) electrons. The van der Waals surface area contributed by atoms with Crippen LogP contribution >= 0.6 is 0 Å². The van der Waals surface area contributed by atoms with E-state index in [0.29, 0.717) is 12.2 Å². The van der Waals surface area contributed by atoms with Gasteiger partial charge in [-0.1, -0.05) is 13.8 Å². The molecule has 116 valence electrons. The molecule has 0 saturated heterocycles. The number of fused-ring (bicyclic) bond motifs is 1. The van der Waals surface area contributed by atoms with Crippen molar-refractivity contribution in [3.8, 4) is 5.75 Å². The lowest BCUT2D eigenvalue weighted by atomic mass is 9.81. The average Bonchev–Trinajstić information content (AvgIpc) is 2.64. The third kappa shape index (κ3) is 3.71. The first-order chi connectivity index (χ1) is 9.59. The van der Waals surface area contributed by atoms with E-state index in [1.165, 1.54) is 12.1 Å².